The summed E-state index contributed by atoms with van der Waals surface area (Å²) >= 11 is 0. The summed E-state index contributed by atoms with van der Waals surface area (Å²) in [5.74, 6) is 0. The van der Waals surface area contributed by atoms with Gasteiger partial charge >= 0.3 is 6.09 Å². The van der Waals surface area contributed by atoms with E-state index in [1.165, 1.54) is 0 Å². The summed E-state index contributed by atoms with van der Waals surface area (Å²) in [6, 6.07) is 0.0739. The fourth-order valence-corrected chi connectivity index (χ4v) is 1.43. The molecule has 0 spiro atoms. The molecule has 0 aromatic heterocycles. The van der Waals surface area contributed by atoms with Gasteiger partial charge in [0.25, 0.3) is 0 Å². The van der Waals surface area contributed by atoms with Crippen LogP contribution in [0, 0.1) is 0 Å². The second-order valence-electron chi connectivity index (χ2n) is 4.62. The highest BCUT2D eigenvalue weighted by Crippen LogP contribution is 2.18. The van der Waals surface area contributed by atoms with Crippen LogP contribution in [0.1, 0.15) is 27.2 Å². The van der Waals surface area contributed by atoms with Crippen molar-refractivity contribution in [3.05, 3.63) is 12.3 Å². The highest BCUT2D eigenvalue weighted by Gasteiger charge is 2.28. The van der Waals surface area contributed by atoms with Crippen LogP contribution < -0.4 is 0 Å². The monoisotopic (exact) mass is 213 g/mol. The Kier molecular flexibility index (Phi) is 3.74. The van der Waals surface area contributed by atoms with E-state index in [4.69, 9.17) is 9.47 Å². The third kappa shape index (κ3) is 3.55. The number of nitrogens with zero attached hydrogens (tertiary/aromatic N) is 1. The molecule has 1 amide bonds. The molecule has 0 N–H and O–H groups in total. The van der Waals surface area contributed by atoms with E-state index in [1.54, 1.807) is 18.2 Å². The molecule has 1 aliphatic heterocycles. The molecule has 15 heavy (non-hydrogen) atoms. The van der Waals surface area contributed by atoms with E-state index in [-0.39, 0.29) is 12.1 Å². The normalized spacial score (nSPS) is 20.8. The fraction of sp³-hybridized carbons (Fsp3) is 0.727. The highest BCUT2D eigenvalue weighted by molar-refractivity contribution is 5.70. The molecule has 0 radical (unpaired) electrons. The Labute approximate surface area is 90.8 Å². The molecule has 0 saturated carbocycles. The van der Waals surface area contributed by atoms with Gasteiger partial charge in [-0.3, -0.25) is 4.90 Å². The standard InChI is InChI=1S/C11H19NO3/c1-11(2,3)15-10(13)12-7-5-6-9(12)8-14-4/h5,7,9H,6,8H2,1-4H3. The van der Waals surface area contributed by atoms with Crippen molar-refractivity contribution in [2.24, 2.45) is 0 Å². The molecule has 0 aliphatic carbocycles. The molecule has 1 unspecified atom stereocenters. The van der Waals surface area contributed by atoms with E-state index in [9.17, 15) is 4.79 Å². The molecule has 0 bridgehead atoms. The summed E-state index contributed by atoms with van der Waals surface area (Å²) in [6.45, 7) is 6.11. The average molecular weight is 213 g/mol. The maximum absolute atomic E-state index is 11.7. The first-order chi connectivity index (χ1) is 6.94. The smallest absolute Gasteiger partial charge is 0.414 e. The quantitative estimate of drug-likeness (QED) is 0.705. The number of carbonyl (C=O) groups is 1. The van der Waals surface area contributed by atoms with E-state index < -0.39 is 5.60 Å². The van der Waals surface area contributed by atoms with Gasteiger partial charge in [0.2, 0.25) is 0 Å². The maximum atomic E-state index is 11.7. The van der Waals surface area contributed by atoms with E-state index in [1.807, 2.05) is 26.8 Å². The van der Waals surface area contributed by atoms with Crippen molar-refractivity contribution in [1.29, 1.82) is 0 Å². The Balaban J connectivity index is 2.55. The Hall–Kier alpha value is -1.03. The van der Waals surface area contributed by atoms with Crippen LogP contribution in [0.25, 0.3) is 0 Å². The van der Waals surface area contributed by atoms with Crippen molar-refractivity contribution in [3.8, 4) is 0 Å². The van der Waals surface area contributed by atoms with Crippen LogP contribution in [0.5, 0.6) is 0 Å². The number of amides is 1. The second kappa shape index (κ2) is 4.66. The summed E-state index contributed by atoms with van der Waals surface area (Å²) in [5.41, 5.74) is -0.453. The molecule has 86 valence electrons. The number of hydrogen-bond acceptors (Lipinski definition) is 3. The summed E-state index contributed by atoms with van der Waals surface area (Å²) in [5, 5.41) is 0. The maximum Gasteiger partial charge on any atom is 0.414 e. The van der Waals surface area contributed by atoms with E-state index >= 15 is 0 Å². The van der Waals surface area contributed by atoms with Crippen LogP contribution in [0.4, 0.5) is 4.79 Å². The molecule has 1 heterocycles. The van der Waals surface area contributed by atoms with Gasteiger partial charge in [-0.05, 0) is 27.2 Å². The predicted octanol–water partition coefficient (Wildman–Crippen LogP) is 2.16. The van der Waals surface area contributed by atoms with Gasteiger partial charge in [0, 0.05) is 13.3 Å². The lowest BCUT2D eigenvalue weighted by atomic mass is 10.2. The Morgan fingerprint density at radius 1 is 1.53 bits per heavy atom. The summed E-state index contributed by atoms with van der Waals surface area (Å²) in [6.07, 6.45) is 4.23. The lowest BCUT2D eigenvalue weighted by Gasteiger charge is -2.27. The van der Waals surface area contributed by atoms with Gasteiger partial charge in [-0.15, -0.1) is 0 Å². The topological polar surface area (TPSA) is 38.8 Å². The Morgan fingerprint density at radius 3 is 2.73 bits per heavy atom. The highest BCUT2D eigenvalue weighted by atomic mass is 16.6. The molecule has 1 atom stereocenters. The van der Waals surface area contributed by atoms with Crippen molar-refractivity contribution in [2.75, 3.05) is 13.7 Å². The van der Waals surface area contributed by atoms with Crippen LogP contribution in [0.2, 0.25) is 0 Å². The molecule has 4 heteroatoms. The van der Waals surface area contributed by atoms with E-state index in [0.29, 0.717) is 6.61 Å². The van der Waals surface area contributed by atoms with Gasteiger partial charge in [0.1, 0.15) is 5.60 Å². The lowest BCUT2D eigenvalue weighted by molar-refractivity contribution is 0.0215. The van der Waals surface area contributed by atoms with Crippen molar-refractivity contribution in [1.82, 2.24) is 4.90 Å². The van der Waals surface area contributed by atoms with Gasteiger partial charge in [0.05, 0.1) is 12.6 Å². The number of carbonyl (C=O) groups excluding carboxylic acids is 1. The number of methoxy groups -OCH3 is 1. The first-order valence-electron chi connectivity index (χ1n) is 5.11. The fourth-order valence-electron chi connectivity index (χ4n) is 1.43. The molecule has 0 fully saturated rings. The van der Waals surface area contributed by atoms with E-state index in [0.717, 1.165) is 6.42 Å². The van der Waals surface area contributed by atoms with Gasteiger partial charge in [-0.1, -0.05) is 6.08 Å². The zero-order chi connectivity index (χ0) is 11.5. The van der Waals surface area contributed by atoms with Gasteiger partial charge < -0.3 is 9.47 Å². The SMILES string of the molecule is COCC1CC=CN1C(=O)OC(C)(C)C. The summed E-state index contributed by atoms with van der Waals surface area (Å²) in [7, 11) is 1.63. The minimum atomic E-state index is -0.453. The van der Waals surface area contributed by atoms with Crippen LogP contribution in [-0.2, 0) is 9.47 Å². The van der Waals surface area contributed by atoms with Crippen molar-refractivity contribution in [2.45, 2.75) is 38.8 Å². The number of hydrogen-bond donors (Lipinski definition) is 0. The second-order valence-corrected chi connectivity index (χ2v) is 4.62. The zero-order valence-corrected chi connectivity index (χ0v) is 9.82. The van der Waals surface area contributed by atoms with Crippen LogP contribution in [0.15, 0.2) is 12.3 Å². The lowest BCUT2D eigenvalue weighted by Crippen LogP contribution is -2.39. The van der Waals surface area contributed by atoms with Crippen LogP contribution in [-0.4, -0.2) is 36.4 Å². The van der Waals surface area contributed by atoms with Gasteiger partial charge in [-0.25, -0.2) is 4.79 Å². The molecule has 1 aliphatic rings. The van der Waals surface area contributed by atoms with Gasteiger partial charge in [-0.2, -0.15) is 0 Å². The van der Waals surface area contributed by atoms with Crippen molar-refractivity contribution in [3.63, 3.8) is 0 Å². The largest absolute Gasteiger partial charge is 0.443 e. The summed E-state index contributed by atoms with van der Waals surface area (Å²) < 4.78 is 10.3. The van der Waals surface area contributed by atoms with Crippen molar-refractivity contribution >= 4 is 6.09 Å². The van der Waals surface area contributed by atoms with Crippen LogP contribution in [0.3, 0.4) is 0 Å². The molecule has 4 nitrogen and oxygen atoms in total. The zero-order valence-electron chi connectivity index (χ0n) is 9.82. The number of rotatable bonds is 2. The Bertz CT molecular complexity index is 255. The molecule has 0 saturated heterocycles. The molecular formula is C11H19NO3. The third-order valence-electron chi connectivity index (χ3n) is 2.03. The average Bonchev–Trinajstić information content (AvgIpc) is 2.49. The van der Waals surface area contributed by atoms with Gasteiger partial charge in [0.15, 0.2) is 0 Å². The minimum absolute atomic E-state index is 0.0739. The van der Waals surface area contributed by atoms with Crippen LogP contribution >= 0.6 is 0 Å². The first-order valence-corrected chi connectivity index (χ1v) is 5.11. The van der Waals surface area contributed by atoms with E-state index in [2.05, 4.69) is 0 Å². The molecule has 0 aromatic carbocycles. The predicted molar refractivity (Wildman–Crippen MR) is 57.5 cm³/mol. The Morgan fingerprint density at radius 2 is 2.20 bits per heavy atom. The summed E-state index contributed by atoms with van der Waals surface area (Å²) in [4.78, 5) is 13.3. The first kappa shape index (κ1) is 12.0. The minimum Gasteiger partial charge on any atom is -0.443 e. The third-order valence-corrected chi connectivity index (χ3v) is 2.03. The molecular weight excluding hydrogens is 194 g/mol. The molecule has 0 aromatic rings. The molecule has 1 rings (SSSR count). The number of ether oxygens (including phenoxy) is 2. The van der Waals surface area contributed by atoms with Crippen molar-refractivity contribution < 1.29 is 14.3 Å².